The minimum Gasteiger partial charge on any atom is -0.484 e. The van der Waals surface area contributed by atoms with Crippen LogP contribution >= 0.6 is 45.3 Å². The smallest absolute Gasteiger partial charge is 0.484 e. The van der Waals surface area contributed by atoms with Crippen LogP contribution in [0.25, 0.3) is 29.3 Å². The molecule has 0 fully saturated rings. The van der Waals surface area contributed by atoms with Crippen molar-refractivity contribution in [2.24, 2.45) is 0 Å². The lowest BCUT2D eigenvalue weighted by molar-refractivity contribution is 0.141. The molecule has 0 aliphatic heterocycles. The zero-order valence-electron chi connectivity index (χ0n) is 28.4. The molecule has 4 aromatic heterocycles. The Morgan fingerprint density at radius 1 is 0.435 bits per heavy atom. The number of rotatable bonds is 25. The Labute approximate surface area is 295 Å². The third-order valence-electron chi connectivity index (χ3n) is 8.48. The van der Waals surface area contributed by atoms with E-state index in [1.54, 1.807) is 44.0 Å². The lowest BCUT2D eigenvalue weighted by Gasteiger charge is -2.22. The first-order valence-corrected chi connectivity index (χ1v) is 22.3. The van der Waals surface area contributed by atoms with Crippen molar-refractivity contribution >= 4 is 58.7 Å². The molecule has 0 N–H and O–H groups in total. The number of thiophene rings is 4. The molecule has 0 atom stereocenters. The second kappa shape index (κ2) is 20.9. The van der Waals surface area contributed by atoms with Crippen molar-refractivity contribution in [3.8, 4) is 34.3 Å². The van der Waals surface area contributed by atoms with Gasteiger partial charge in [0.25, 0.3) is 0 Å². The normalized spacial score (nSPS) is 11.9. The summed E-state index contributed by atoms with van der Waals surface area (Å²) < 4.78 is 24.1. The van der Waals surface area contributed by atoms with Crippen LogP contribution in [0.2, 0.25) is 0 Å². The van der Waals surface area contributed by atoms with Crippen LogP contribution < -0.4 is 9.24 Å². The van der Waals surface area contributed by atoms with Gasteiger partial charge in [0.15, 0.2) is 5.06 Å². The summed E-state index contributed by atoms with van der Waals surface area (Å²) >= 11 is 7.11. The van der Waals surface area contributed by atoms with Crippen molar-refractivity contribution in [3.63, 3.8) is 0 Å². The third-order valence-corrected chi connectivity index (χ3v) is 16.6. The van der Waals surface area contributed by atoms with Crippen molar-refractivity contribution in [2.75, 3.05) is 27.9 Å². The Hall–Kier alpha value is -1.30. The zero-order valence-corrected chi connectivity index (χ0v) is 32.7. The van der Waals surface area contributed by atoms with E-state index >= 15 is 0 Å². The van der Waals surface area contributed by atoms with Crippen LogP contribution in [-0.4, -0.2) is 36.7 Å². The molecule has 254 valence electrons. The van der Waals surface area contributed by atoms with Crippen LogP contribution in [0.15, 0.2) is 48.5 Å². The summed E-state index contributed by atoms with van der Waals surface area (Å²) in [6, 6.07) is 17.5. The van der Waals surface area contributed by atoms with E-state index in [4.69, 9.17) is 18.0 Å². The molecule has 46 heavy (non-hydrogen) atoms. The predicted molar refractivity (Wildman–Crippen MR) is 206 cm³/mol. The topological polar surface area (TPSA) is 36.9 Å². The summed E-state index contributed by atoms with van der Waals surface area (Å²) in [7, 11) is 2.15. The molecule has 0 aliphatic carbocycles. The highest BCUT2D eigenvalue weighted by Crippen LogP contribution is 2.43. The minimum atomic E-state index is -2.81. The molecule has 0 saturated heterocycles. The lowest BCUT2D eigenvalue weighted by Crippen LogP contribution is -2.53. The third kappa shape index (κ3) is 11.4. The van der Waals surface area contributed by atoms with Crippen molar-refractivity contribution in [2.45, 2.75) is 110 Å². The summed E-state index contributed by atoms with van der Waals surface area (Å²) in [6.45, 7) is 3.11. The maximum atomic E-state index is 6.12. The average Bonchev–Trinajstić information content (AvgIpc) is 3.90. The quantitative estimate of drug-likeness (QED) is 0.0505. The average molecular weight is 719 g/mol. The van der Waals surface area contributed by atoms with Crippen molar-refractivity contribution in [1.82, 2.24) is 0 Å². The molecular formula is C37H54O4S4Si. The predicted octanol–water partition coefficient (Wildman–Crippen LogP) is 12.7. The van der Waals surface area contributed by atoms with E-state index in [0.717, 1.165) is 22.6 Å². The van der Waals surface area contributed by atoms with Gasteiger partial charge in [0.05, 0.1) is 11.1 Å². The highest BCUT2D eigenvalue weighted by atomic mass is 32.1. The monoisotopic (exact) mass is 718 g/mol. The van der Waals surface area contributed by atoms with Crippen LogP contribution in [0.5, 0.6) is 5.06 Å². The standard InChI is InChI=1S/C37H54O4S4Si/c1-5-6-7-8-9-10-11-12-13-14-15-16-17-18-19-20-29-41-36-27-25-34(44-36)32-23-21-30(42-32)31-22-24-33(43-31)35-26-28-37(45-35)46(38-2,39-3)40-4/h21-28H,5-20,29H2,1-4H3. The van der Waals surface area contributed by atoms with Gasteiger partial charge >= 0.3 is 8.80 Å². The van der Waals surface area contributed by atoms with Crippen LogP contribution in [0.4, 0.5) is 0 Å². The van der Waals surface area contributed by atoms with Gasteiger partial charge in [-0.2, -0.15) is 0 Å². The van der Waals surface area contributed by atoms with E-state index in [9.17, 15) is 0 Å². The van der Waals surface area contributed by atoms with Crippen LogP contribution in [0.3, 0.4) is 0 Å². The van der Waals surface area contributed by atoms with E-state index in [2.05, 4.69) is 55.5 Å². The van der Waals surface area contributed by atoms with Gasteiger partial charge in [-0.25, -0.2) is 0 Å². The molecule has 0 bridgehead atoms. The summed E-state index contributed by atoms with van der Waals surface area (Å²) in [4.78, 5) is 7.59. The molecule has 4 nitrogen and oxygen atoms in total. The first kappa shape index (κ1) is 37.5. The van der Waals surface area contributed by atoms with E-state index in [1.807, 2.05) is 22.7 Å². The SMILES string of the molecule is CCCCCCCCCCCCCCCCCCOc1ccc(-c2ccc(-c3ccc(-c4ccc([Si](OC)(OC)OC)s4)s3)s2)s1. The van der Waals surface area contributed by atoms with Gasteiger partial charge in [-0.05, 0) is 55.0 Å². The van der Waals surface area contributed by atoms with E-state index in [0.29, 0.717) is 0 Å². The highest BCUT2D eigenvalue weighted by molar-refractivity contribution is 7.31. The molecule has 0 saturated carbocycles. The Morgan fingerprint density at radius 2 is 0.804 bits per heavy atom. The Kier molecular flexibility index (Phi) is 17.1. The van der Waals surface area contributed by atoms with Crippen molar-refractivity contribution in [3.05, 3.63) is 48.5 Å². The number of ether oxygens (including phenoxy) is 1. The molecule has 0 radical (unpaired) electrons. The first-order chi connectivity index (χ1) is 22.6. The molecule has 4 rings (SSSR count). The second-order valence-corrected chi connectivity index (χ2v) is 19.5. The summed E-state index contributed by atoms with van der Waals surface area (Å²) in [5, 5.41) is 1.03. The fourth-order valence-corrected chi connectivity index (χ4v) is 12.6. The Balaban J connectivity index is 1.10. The molecule has 4 aromatic rings. The molecule has 4 heterocycles. The fourth-order valence-electron chi connectivity index (χ4n) is 5.75. The molecule has 0 aliphatic rings. The van der Waals surface area contributed by atoms with Crippen LogP contribution in [0, 0.1) is 0 Å². The summed E-state index contributed by atoms with van der Waals surface area (Å²) in [6.07, 6.45) is 22.3. The van der Waals surface area contributed by atoms with Gasteiger partial charge in [0.2, 0.25) is 0 Å². The van der Waals surface area contributed by atoms with Crippen molar-refractivity contribution < 1.29 is 18.0 Å². The van der Waals surface area contributed by atoms with Gasteiger partial charge in [0.1, 0.15) is 0 Å². The van der Waals surface area contributed by atoms with Gasteiger partial charge in [0, 0.05) is 50.6 Å². The molecule has 0 amide bonds. The Bertz CT molecular complexity index is 1360. The fraction of sp³-hybridized carbons (Fsp3) is 0.568. The van der Waals surface area contributed by atoms with E-state index < -0.39 is 8.80 Å². The summed E-state index contributed by atoms with van der Waals surface area (Å²) in [5.74, 6) is 0. The minimum absolute atomic E-state index is 0.819. The van der Waals surface area contributed by atoms with Gasteiger partial charge < -0.3 is 18.0 Å². The second-order valence-electron chi connectivity index (χ2n) is 11.9. The molecule has 0 unspecified atom stereocenters. The maximum Gasteiger partial charge on any atom is 0.546 e. The molecule has 0 spiro atoms. The maximum absolute atomic E-state index is 6.12. The van der Waals surface area contributed by atoms with E-state index in [1.165, 1.54) is 126 Å². The number of unbranched alkanes of at least 4 members (excludes halogenated alkanes) is 15. The first-order valence-electron chi connectivity index (χ1n) is 17.3. The Morgan fingerprint density at radius 3 is 1.26 bits per heavy atom. The van der Waals surface area contributed by atoms with Crippen LogP contribution in [-0.2, 0) is 13.3 Å². The summed E-state index contributed by atoms with van der Waals surface area (Å²) in [5.41, 5.74) is 0. The highest BCUT2D eigenvalue weighted by Gasteiger charge is 2.42. The number of hydrogen-bond donors (Lipinski definition) is 0. The van der Waals surface area contributed by atoms with Crippen molar-refractivity contribution in [1.29, 1.82) is 0 Å². The van der Waals surface area contributed by atoms with E-state index in [-0.39, 0.29) is 0 Å². The van der Waals surface area contributed by atoms with Gasteiger partial charge in [-0.15, -0.1) is 34.0 Å². The molecule has 0 aromatic carbocycles. The van der Waals surface area contributed by atoms with Crippen LogP contribution in [0.1, 0.15) is 110 Å². The largest absolute Gasteiger partial charge is 0.546 e. The molecular weight excluding hydrogens is 665 g/mol. The number of hydrogen-bond acceptors (Lipinski definition) is 8. The molecule has 9 heteroatoms. The zero-order chi connectivity index (χ0) is 32.5. The van der Waals surface area contributed by atoms with Gasteiger partial charge in [-0.3, -0.25) is 0 Å². The lowest BCUT2D eigenvalue weighted by atomic mass is 10.0. The van der Waals surface area contributed by atoms with Gasteiger partial charge in [-0.1, -0.05) is 115 Å².